The summed E-state index contributed by atoms with van der Waals surface area (Å²) in [5.41, 5.74) is 1.06. The summed E-state index contributed by atoms with van der Waals surface area (Å²) < 4.78 is 4.39. The van der Waals surface area contributed by atoms with E-state index in [1.165, 1.54) is 16.9 Å². The maximum Gasteiger partial charge on any atom is 0.117 e. The van der Waals surface area contributed by atoms with Gasteiger partial charge in [0.05, 0.1) is 5.52 Å². The van der Waals surface area contributed by atoms with E-state index in [0.717, 1.165) is 29.9 Å². The second-order valence-electron chi connectivity index (χ2n) is 4.39. The van der Waals surface area contributed by atoms with Gasteiger partial charge in [-0.2, -0.15) is 4.37 Å². The van der Waals surface area contributed by atoms with Crippen molar-refractivity contribution in [3.63, 3.8) is 0 Å². The van der Waals surface area contributed by atoms with Gasteiger partial charge in [-0.1, -0.05) is 19.1 Å². The largest absolute Gasteiger partial charge is 0.396 e. The molecule has 0 saturated heterocycles. The number of nitrogens with zero attached hydrogens (tertiary/aromatic N) is 1. The average molecular weight is 250 g/mol. The van der Waals surface area contributed by atoms with Gasteiger partial charge in [0.1, 0.15) is 5.00 Å². The van der Waals surface area contributed by atoms with Crippen molar-refractivity contribution < 1.29 is 5.11 Å². The fourth-order valence-corrected chi connectivity index (χ4v) is 2.55. The Labute approximate surface area is 106 Å². The standard InChI is InChI=1S/C13H18N2OS/c1-10(9-16)5-4-8-14-13-11-6-2-3-7-12(11)15-17-13/h2-3,6-7,10,14,16H,4-5,8-9H2,1H3. The molecule has 0 saturated carbocycles. The van der Waals surface area contributed by atoms with Crippen molar-refractivity contribution in [2.24, 2.45) is 5.92 Å². The topological polar surface area (TPSA) is 45.1 Å². The van der Waals surface area contributed by atoms with Crippen molar-refractivity contribution in [2.45, 2.75) is 19.8 Å². The van der Waals surface area contributed by atoms with Crippen LogP contribution in [0.2, 0.25) is 0 Å². The second-order valence-corrected chi connectivity index (χ2v) is 5.16. The van der Waals surface area contributed by atoms with Crippen molar-refractivity contribution in [3.8, 4) is 0 Å². The van der Waals surface area contributed by atoms with E-state index in [1.807, 2.05) is 18.2 Å². The number of aromatic nitrogens is 1. The van der Waals surface area contributed by atoms with E-state index in [2.05, 4.69) is 22.7 Å². The second kappa shape index (κ2) is 5.98. The van der Waals surface area contributed by atoms with Crippen molar-refractivity contribution in [1.29, 1.82) is 0 Å². The van der Waals surface area contributed by atoms with Crippen LogP contribution in [0.15, 0.2) is 24.3 Å². The quantitative estimate of drug-likeness (QED) is 0.774. The minimum Gasteiger partial charge on any atom is -0.396 e. The van der Waals surface area contributed by atoms with Crippen LogP contribution in [0.5, 0.6) is 0 Å². The van der Waals surface area contributed by atoms with Crippen molar-refractivity contribution in [1.82, 2.24) is 4.37 Å². The molecule has 2 rings (SSSR count). The van der Waals surface area contributed by atoms with Gasteiger partial charge in [-0.25, -0.2) is 0 Å². The lowest BCUT2D eigenvalue weighted by Gasteiger charge is -2.07. The molecule has 0 aliphatic carbocycles. The van der Waals surface area contributed by atoms with Crippen molar-refractivity contribution in [3.05, 3.63) is 24.3 Å². The zero-order valence-electron chi connectivity index (χ0n) is 10.0. The molecule has 0 fully saturated rings. The van der Waals surface area contributed by atoms with Crippen molar-refractivity contribution in [2.75, 3.05) is 18.5 Å². The van der Waals surface area contributed by atoms with E-state index in [1.54, 1.807) is 0 Å². The molecule has 17 heavy (non-hydrogen) atoms. The van der Waals surface area contributed by atoms with E-state index in [9.17, 15) is 0 Å². The summed E-state index contributed by atoms with van der Waals surface area (Å²) in [6.45, 7) is 3.29. The van der Waals surface area contributed by atoms with Crippen LogP contribution >= 0.6 is 11.5 Å². The van der Waals surface area contributed by atoms with Gasteiger partial charge in [-0.15, -0.1) is 0 Å². The molecule has 0 aliphatic heterocycles. The first-order valence-electron chi connectivity index (χ1n) is 6.00. The summed E-state index contributed by atoms with van der Waals surface area (Å²) >= 11 is 1.52. The average Bonchev–Trinajstić information content (AvgIpc) is 2.78. The Hall–Kier alpha value is -1.13. The van der Waals surface area contributed by atoms with Gasteiger partial charge in [0.25, 0.3) is 0 Å². The SMILES string of the molecule is CC(CO)CCCNc1snc2ccccc12. The maximum absolute atomic E-state index is 8.93. The zero-order valence-corrected chi connectivity index (χ0v) is 10.8. The number of nitrogens with one attached hydrogen (secondary N) is 1. The molecule has 1 unspecified atom stereocenters. The summed E-state index contributed by atoms with van der Waals surface area (Å²) in [6.07, 6.45) is 2.13. The monoisotopic (exact) mass is 250 g/mol. The Morgan fingerprint density at radius 2 is 2.24 bits per heavy atom. The lowest BCUT2D eigenvalue weighted by molar-refractivity contribution is 0.229. The minimum absolute atomic E-state index is 0.281. The van der Waals surface area contributed by atoms with Crippen LogP contribution < -0.4 is 5.32 Å². The van der Waals surface area contributed by atoms with Crippen LogP contribution in [0.25, 0.3) is 10.9 Å². The molecule has 4 heteroatoms. The highest BCUT2D eigenvalue weighted by Crippen LogP contribution is 2.27. The maximum atomic E-state index is 8.93. The molecule has 1 atom stereocenters. The molecule has 0 amide bonds. The fraction of sp³-hybridized carbons (Fsp3) is 0.462. The van der Waals surface area contributed by atoms with Gasteiger partial charge in [0.15, 0.2) is 0 Å². The number of fused-ring (bicyclic) bond motifs is 1. The summed E-state index contributed by atoms with van der Waals surface area (Å²) in [4.78, 5) is 0. The molecule has 3 nitrogen and oxygen atoms in total. The first-order valence-corrected chi connectivity index (χ1v) is 6.77. The molecule has 1 heterocycles. The zero-order chi connectivity index (χ0) is 12.1. The third-order valence-corrected chi connectivity index (χ3v) is 3.69. The van der Waals surface area contributed by atoms with Gasteiger partial charge in [-0.3, -0.25) is 0 Å². The highest BCUT2D eigenvalue weighted by atomic mass is 32.1. The van der Waals surface area contributed by atoms with Crippen LogP contribution in [0.4, 0.5) is 5.00 Å². The van der Waals surface area contributed by atoms with Crippen LogP contribution in [0.3, 0.4) is 0 Å². The van der Waals surface area contributed by atoms with Gasteiger partial charge in [0.2, 0.25) is 0 Å². The number of benzene rings is 1. The summed E-state index contributed by atoms with van der Waals surface area (Å²) in [7, 11) is 0. The number of aliphatic hydroxyl groups is 1. The highest BCUT2D eigenvalue weighted by Gasteiger charge is 2.04. The van der Waals surface area contributed by atoms with E-state index in [0.29, 0.717) is 5.92 Å². The Bertz CT molecular complexity index is 469. The Kier molecular flexibility index (Phi) is 4.34. The molecule has 92 valence electrons. The summed E-state index contributed by atoms with van der Waals surface area (Å²) in [5, 5.41) is 14.7. The smallest absolute Gasteiger partial charge is 0.117 e. The molecule has 2 N–H and O–H groups in total. The van der Waals surface area contributed by atoms with E-state index < -0.39 is 0 Å². The van der Waals surface area contributed by atoms with E-state index >= 15 is 0 Å². The number of rotatable bonds is 6. The number of hydrogen-bond acceptors (Lipinski definition) is 4. The summed E-state index contributed by atoms with van der Waals surface area (Å²) in [6, 6.07) is 8.17. The molecular weight excluding hydrogens is 232 g/mol. The van der Waals surface area contributed by atoms with Crippen LogP contribution in [-0.4, -0.2) is 22.6 Å². The van der Waals surface area contributed by atoms with Gasteiger partial charge in [0, 0.05) is 18.5 Å². The van der Waals surface area contributed by atoms with Gasteiger partial charge in [-0.05, 0) is 42.4 Å². The Morgan fingerprint density at radius 1 is 1.41 bits per heavy atom. The molecule has 1 aromatic carbocycles. The highest BCUT2D eigenvalue weighted by molar-refractivity contribution is 7.11. The molecule has 0 aliphatic rings. The Morgan fingerprint density at radius 3 is 3.06 bits per heavy atom. The van der Waals surface area contributed by atoms with Crippen molar-refractivity contribution >= 4 is 27.4 Å². The third-order valence-electron chi connectivity index (χ3n) is 2.85. The predicted octanol–water partition coefficient (Wildman–Crippen LogP) is 3.12. The van der Waals surface area contributed by atoms with Crippen LogP contribution in [0.1, 0.15) is 19.8 Å². The first-order chi connectivity index (χ1) is 8.31. The Balaban J connectivity index is 1.87. The number of hydrogen-bond donors (Lipinski definition) is 2. The van der Waals surface area contributed by atoms with E-state index in [-0.39, 0.29) is 6.61 Å². The van der Waals surface area contributed by atoms with Gasteiger partial charge >= 0.3 is 0 Å². The predicted molar refractivity (Wildman–Crippen MR) is 73.6 cm³/mol. The van der Waals surface area contributed by atoms with Gasteiger partial charge < -0.3 is 10.4 Å². The fourth-order valence-electron chi connectivity index (χ4n) is 1.76. The molecule has 1 aromatic heterocycles. The van der Waals surface area contributed by atoms with E-state index in [4.69, 9.17) is 5.11 Å². The molecule has 0 spiro atoms. The lowest BCUT2D eigenvalue weighted by atomic mass is 10.1. The normalized spacial score (nSPS) is 12.8. The lowest BCUT2D eigenvalue weighted by Crippen LogP contribution is -2.05. The molecule has 2 aromatic rings. The molecular formula is C13H18N2OS. The molecule has 0 radical (unpaired) electrons. The van der Waals surface area contributed by atoms with Crippen LogP contribution in [-0.2, 0) is 0 Å². The number of aliphatic hydroxyl groups excluding tert-OH is 1. The minimum atomic E-state index is 0.281. The third kappa shape index (κ3) is 3.17. The number of anilines is 1. The van der Waals surface area contributed by atoms with Crippen LogP contribution in [0, 0.1) is 5.92 Å². The first kappa shape index (κ1) is 12.3. The molecule has 0 bridgehead atoms. The summed E-state index contributed by atoms with van der Waals surface area (Å²) in [5.74, 6) is 0.398.